The first-order valence-electron chi connectivity index (χ1n) is 10.4. The van der Waals surface area contributed by atoms with E-state index in [9.17, 15) is 9.59 Å². The van der Waals surface area contributed by atoms with Crippen LogP contribution in [0.2, 0.25) is 0 Å². The van der Waals surface area contributed by atoms with Crippen LogP contribution < -0.4 is 21.9 Å². The van der Waals surface area contributed by atoms with Crippen molar-refractivity contribution < 1.29 is 0 Å². The van der Waals surface area contributed by atoms with Crippen LogP contribution in [0.3, 0.4) is 0 Å². The lowest BCUT2D eigenvalue weighted by atomic mass is 10.1. The van der Waals surface area contributed by atoms with Gasteiger partial charge in [-0.05, 0) is 30.9 Å². The summed E-state index contributed by atoms with van der Waals surface area (Å²) in [5.74, 6) is 0.424. The van der Waals surface area contributed by atoms with Crippen LogP contribution in [0.5, 0.6) is 0 Å². The van der Waals surface area contributed by atoms with Gasteiger partial charge in [0.05, 0.1) is 5.69 Å². The number of aromatic nitrogens is 5. The van der Waals surface area contributed by atoms with E-state index in [4.69, 9.17) is 5.73 Å². The number of anilines is 2. The molecule has 9 heteroatoms. The third kappa shape index (κ3) is 4.24. The largest absolute Gasteiger partial charge is 0.383 e. The first-order chi connectivity index (χ1) is 14.2. The molecule has 3 heterocycles. The van der Waals surface area contributed by atoms with Gasteiger partial charge < -0.3 is 10.6 Å². The molecule has 30 heavy (non-hydrogen) atoms. The summed E-state index contributed by atoms with van der Waals surface area (Å²) >= 11 is 0. The smallest absolute Gasteiger partial charge is 0.330 e. The molecule has 0 aromatic carbocycles. The molecule has 0 fully saturated rings. The maximum atomic E-state index is 12.7. The number of aromatic amines is 1. The van der Waals surface area contributed by atoms with Gasteiger partial charge in [0.25, 0.3) is 5.56 Å². The van der Waals surface area contributed by atoms with E-state index >= 15 is 0 Å². The van der Waals surface area contributed by atoms with Gasteiger partial charge in [-0.2, -0.15) is 5.10 Å². The van der Waals surface area contributed by atoms with Crippen LogP contribution in [0.15, 0.2) is 21.9 Å². The number of fused-ring (bicyclic) bond motifs is 1. The lowest BCUT2D eigenvalue weighted by Crippen LogP contribution is -2.39. The van der Waals surface area contributed by atoms with Crippen molar-refractivity contribution in [3.8, 4) is 0 Å². The zero-order valence-corrected chi connectivity index (χ0v) is 18.4. The summed E-state index contributed by atoms with van der Waals surface area (Å²) in [5, 5.41) is 5.41. The zero-order valence-electron chi connectivity index (χ0n) is 18.4. The van der Waals surface area contributed by atoms with E-state index < -0.39 is 11.2 Å². The van der Waals surface area contributed by atoms with E-state index in [-0.39, 0.29) is 11.7 Å². The predicted molar refractivity (Wildman–Crippen MR) is 120 cm³/mol. The molecule has 162 valence electrons. The summed E-state index contributed by atoms with van der Waals surface area (Å²) in [6, 6.07) is 2.05. The van der Waals surface area contributed by atoms with Crippen LogP contribution in [-0.4, -0.2) is 30.9 Å². The summed E-state index contributed by atoms with van der Waals surface area (Å²) in [4.78, 5) is 34.0. The number of nitrogens with one attached hydrogen (secondary N) is 1. The second-order valence-corrected chi connectivity index (χ2v) is 8.20. The molecule has 0 bridgehead atoms. The monoisotopic (exact) mass is 413 g/mol. The quantitative estimate of drug-likeness (QED) is 0.585. The first-order valence-corrected chi connectivity index (χ1v) is 10.4. The lowest BCUT2D eigenvalue weighted by molar-refractivity contribution is 0.506. The molecule has 0 radical (unpaired) electrons. The Bertz CT molecular complexity index is 1160. The Hall–Kier alpha value is -3.10. The van der Waals surface area contributed by atoms with Gasteiger partial charge in [0.1, 0.15) is 11.5 Å². The summed E-state index contributed by atoms with van der Waals surface area (Å²) in [6.45, 7) is 9.60. The van der Waals surface area contributed by atoms with Gasteiger partial charge in [0, 0.05) is 38.3 Å². The van der Waals surface area contributed by atoms with E-state index in [0.717, 1.165) is 35.1 Å². The minimum absolute atomic E-state index is 0.208. The minimum Gasteiger partial charge on any atom is -0.383 e. The van der Waals surface area contributed by atoms with Crippen molar-refractivity contribution in [3.05, 3.63) is 44.4 Å². The number of nitrogens with zero attached hydrogens (tertiary/aromatic N) is 5. The summed E-state index contributed by atoms with van der Waals surface area (Å²) in [6.07, 6.45) is 3.67. The fourth-order valence-electron chi connectivity index (χ4n) is 3.71. The van der Waals surface area contributed by atoms with E-state index in [1.165, 1.54) is 4.57 Å². The molecular formula is C21H31N7O2. The molecule has 0 aliphatic rings. The number of aryl methyl sites for hydroxylation is 2. The Morgan fingerprint density at radius 3 is 2.70 bits per heavy atom. The van der Waals surface area contributed by atoms with Crippen molar-refractivity contribution in [2.45, 2.75) is 53.6 Å². The molecule has 0 aliphatic heterocycles. The average Bonchev–Trinajstić information content (AvgIpc) is 2.96. The Morgan fingerprint density at radius 1 is 1.30 bits per heavy atom. The van der Waals surface area contributed by atoms with Crippen LogP contribution in [-0.2, 0) is 20.1 Å². The number of nitrogens with two attached hydrogens (primary N) is 1. The highest BCUT2D eigenvalue weighted by molar-refractivity contribution is 5.78. The molecule has 3 N–H and O–H groups in total. The van der Waals surface area contributed by atoms with E-state index in [0.29, 0.717) is 25.3 Å². The molecule has 0 saturated heterocycles. The molecule has 0 spiro atoms. The maximum Gasteiger partial charge on any atom is 0.330 e. The van der Waals surface area contributed by atoms with Gasteiger partial charge in [-0.3, -0.25) is 19.0 Å². The van der Waals surface area contributed by atoms with Gasteiger partial charge >= 0.3 is 5.69 Å². The van der Waals surface area contributed by atoms with E-state index in [1.807, 2.05) is 32.7 Å². The molecule has 3 aromatic rings. The van der Waals surface area contributed by atoms with Crippen LogP contribution in [0, 0.1) is 12.8 Å². The second kappa shape index (κ2) is 8.73. The Morgan fingerprint density at radius 2 is 2.03 bits per heavy atom. The van der Waals surface area contributed by atoms with Gasteiger partial charge in [-0.15, -0.1) is 0 Å². The molecular weight excluding hydrogens is 382 g/mol. The molecule has 9 nitrogen and oxygen atoms in total. The molecule has 3 aromatic heterocycles. The van der Waals surface area contributed by atoms with Crippen molar-refractivity contribution in [1.82, 2.24) is 24.3 Å². The van der Waals surface area contributed by atoms with E-state index in [1.54, 1.807) is 10.9 Å². The number of pyridine rings is 1. The Kier molecular flexibility index (Phi) is 6.28. The molecule has 0 aliphatic carbocycles. The van der Waals surface area contributed by atoms with Gasteiger partial charge in [0.2, 0.25) is 0 Å². The number of H-pyrrole nitrogens is 1. The fourth-order valence-corrected chi connectivity index (χ4v) is 3.71. The van der Waals surface area contributed by atoms with Crippen LogP contribution in [0.4, 0.5) is 11.5 Å². The van der Waals surface area contributed by atoms with Crippen LogP contribution >= 0.6 is 0 Å². The third-order valence-electron chi connectivity index (χ3n) is 5.15. The number of hydrogen-bond acceptors (Lipinski definition) is 6. The molecule has 0 unspecified atom stereocenters. The first kappa shape index (κ1) is 21.6. The Labute approximate surface area is 175 Å². The summed E-state index contributed by atoms with van der Waals surface area (Å²) in [5.41, 5.74) is 8.44. The van der Waals surface area contributed by atoms with E-state index in [2.05, 4.69) is 28.1 Å². The highest BCUT2D eigenvalue weighted by Gasteiger charge is 2.20. The highest BCUT2D eigenvalue weighted by atomic mass is 16.2. The summed E-state index contributed by atoms with van der Waals surface area (Å²) in [7, 11) is 1.87. The minimum atomic E-state index is -0.473. The number of unbranched alkanes of at least 4 members (excludes halogenated alkanes) is 1. The second-order valence-electron chi connectivity index (χ2n) is 8.20. The van der Waals surface area contributed by atoms with Crippen LogP contribution in [0.25, 0.3) is 11.0 Å². The third-order valence-corrected chi connectivity index (χ3v) is 5.15. The number of nitrogen functional groups attached to an aromatic ring is 1. The average molecular weight is 414 g/mol. The zero-order chi connectivity index (χ0) is 22.0. The standard InChI is InChI=1S/C21H31N7O2/c1-6-7-8-27(12-15-9-16-14(4)25-26(5)19(16)23-10-15)17-18(22)28(11-13(2)3)21(30)24-20(17)29/h9-10,13H,6-8,11-12,22H2,1-5H3,(H,24,29,30). The van der Waals surface area contributed by atoms with Crippen molar-refractivity contribution >= 4 is 22.5 Å². The fraction of sp³-hybridized carbons (Fsp3) is 0.524. The SMILES string of the molecule is CCCCN(Cc1cnc2c(c1)c(C)nn2C)c1c(N)n(CC(C)C)c(=O)[nH]c1=O. The lowest BCUT2D eigenvalue weighted by Gasteiger charge is -2.26. The van der Waals surface area contributed by atoms with Gasteiger partial charge in [-0.1, -0.05) is 27.2 Å². The molecule has 0 atom stereocenters. The Balaban J connectivity index is 2.06. The van der Waals surface area contributed by atoms with Crippen molar-refractivity contribution in [2.75, 3.05) is 17.2 Å². The van der Waals surface area contributed by atoms with Crippen molar-refractivity contribution in [2.24, 2.45) is 13.0 Å². The highest BCUT2D eigenvalue weighted by Crippen LogP contribution is 2.23. The van der Waals surface area contributed by atoms with Gasteiger partial charge in [0.15, 0.2) is 5.65 Å². The van der Waals surface area contributed by atoms with Crippen molar-refractivity contribution in [1.29, 1.82) is 0 Å². The summed E-state index contributed by atoms with van der Waals surface area (Å²) < 4.78 is 3.21. The number of rotatable bonds is 8. The molecule has 0 amide bonds. The predicted octanol–water partition coefficient (Wildman–Crippen LogP) is 2.17. The molecule has 0 saturated carbocycles. The van der Waals surface area contributed by atoms with Crippen molar-refractivity contribution in [3.63, 3.8) is 0 Å². The number of hydrogen-bond donors (Lipinski definition) is 2. The van der Waals surface area contributed by atoms with Crippen LogP contribution in [0.1, 0.15) is 44.9 Å². The van der Waals surface area contributed by atoms with Gasteiger partial charge in [-0.25, -0.2) is 9.78 Å². The molecule has 3 rings (SSSR count). The maximum absolute atomic E-state index is 12.7. The topological polar surface area (TPSA) is 115 Å². The normalized spacial score (nSPS) is 11.5.